The van der Waals surface area contributed by atoms with Crippen LogP contribution in [0.5, 0.6) is 0 Å². The van der Waals surface area contributed by atoms with Crippen LogP contribution in [-0.2, 0) is 16.0 Å². The number of likely N-dealkylation sites (N-methyl/N-ethyl adjacent to an activating group) is 1. The molecule has 1 aliphatic heterocycles. The number of hydrogen-bond donors (Lipinski definition) is 1. The van der Waals surface area contributed by atoms with Gasteiger partial charge in [0.2, 0.25) is 5.91 Å². The summed E-state index contributed by atoms with van der Waals surface area (Å²) in [6, 6.07) is 2.03. The van der Waals surface area contributed by atoms with E-state index in [1.165, 1.54) is 4.88 Å². The van der Waals surface area contributed by atoms with Crippen LogP contribution in [-0.4, -0.2) is 40.7 Å². The maximum absolute atomic E-state index is 12.5. The van der Waals surface area contributed by atoms with E-state index in [9.17, 15) is 9.59 Å². The van der Waals surface area contributed by atoms with E-state index >= 15 is 0 Å². The number of aryl methyl sites for hydroxylation is 1. The van der Waals surface area contributed by atoms with Crippen LogP contribution < -0.4 is 0 Å². The summed E-state index contributed by atoms with van der Waals surface area (Å²) in [5, 5.41) is 10.6. The van der Waals surface area contributed by atoms with Crippen molar-refractivity contribution in [3.05, 3.63) is 21.9 Å². The number of thiophene rings is 1. The fourth-order valence-electron chi connectivity index (χ4n) is 2.17. The molecule has 1 amide bonds. The van der Waals surface area contributed by atoms with Gasteiger partial charge in [-0.1, -0.05) is 0 Å². The summed E-state index contributed by atoms with van der Waals surface area (Å²) in [6.07, 6.45) is 1.04. The van der Waals surface area contributed by atoms with E-state index in [1.807, 2.05) is 18.4 Å². The first-order valence-corrected chi connectivity index (χ1v) is 8.24. The summed E-state index contributed by atoms with van der Waals surface area (Å²) >= 11 is 3.37. The van der Waals surface area contributed by atoms with Crippen molar-refractivity contribution in [3.63, 3.8) is 0 Å². The Morgan fingerprint density at radius 1 is 1.53 bits per heavy atom. The molecule has 1 N–H and O–H groups in total. The maximum atomic E-state index is 12.5. The van der Waals surface area contributed by atoms with Crippen molar-refractivity contribution in [2.45, 2.75) is 25.0 Å². The number of rotatable bonds is 5. The van der Waals surface area contributed by atoms with Crippen molar-refractivity contribution in [2.75, 3.05) is 18.8 Å². The van der Waals surface area contributed by atoms with Crippen LogP contribution >= 0.6 is 23.1 Å². The Morgan fingerprint density at radius 3 is 3.00 bits per heavy atom. The number of carbonyl (C=O) groups is 2. The Hall–Kier alpha value is -1.01. The molecule has 2 heterocycles. The SMILES string of the molecule is CCN(CCC(=O)O)C(=O)C1SCCc2sccc21. The van der Waals surface area contributed by atoms with E-state index in [0.717, 1.165) is 17.7 Å². The predicted molar refractivity (Wildman–Crippen MR) is 77.7 cm³/mol. The molecule has 1 unspecified atom stereocenters. The van der Waals surface area contributed by atoms with Gasteiger partial charge in [0.05, 0.1) is 6.42 Å². The fraction of sp³-hybridized carbons (Fsp3) is 0.538. The number of fused-ring (bicyclic) bond motifs is 1. The molecule has 0 aliphatic carbocycles. The van der Waals surface area contributed by atoms with Crippen LogP contribution in [0.1, 0.15) is 29.0 Å². The van der Waals surface area contributed by atoms with Gasteiger partial charge >= 0.3 is 5.97 Å². The van der Waals surface area contributed by atoms with Crippen molar-refractivity contribution >= 4 is 35.0 Å². The quantitative estimate of drug-likeness (QED) is 0.907. The number of aliphatic carboxylic acids is 1. The highest BCUT2D eigenvalue weighted by Crippen LogP contribution is 2.40. The molecule has 0 aromatic carbocycles. The third-order valence-electron chi connectivity index (χ3n) is 3.19. The van der Waals surface area contributed by atoms with E-state index in [-0.39, 0.29) is 17.6 Å². The Labute approximate surface area is 120 Å². The molecule has 0 bridgehead atoms. The standard InChI is InChI=1S/C13H17NO3S2/c1-2-14(6-3-11(15)16)13(17)12-9-4-7-18-10(9)5-8-19-12/h4,7,12H,2-3,5-6,8H2,1H3,(H,15,16). The number of thioether (sulfide) groups is 1. The monoisotopic (exact) mass is 299 g/mol. The summed E-state index contributed by atoms with van der Waals surface area (Å²) < 4.78 is 0. The highest BCUT2D eigenvalue weighted by atomic mass is 32.2. The minimum Gasteiger partial charge on any atom is -0.481 e. The molecule has 0 saturated carbocycles. The largest absolute Gasteiger partial charge is 0.481 e. The third kappa shape index (κ3) is 3.30. The molecular formula is C13H17NO3S2. The second-order valence-corrected chi connectivity index (χ2v) is 6.58. The summed E-state index contributed by atoms with van der Waals surface area (Å²) in [5.41, 5.74) is 1.13. The lowest BCUT2D eigenvalue weighted by molar-refractivity contribution is -0.138. The van der Waals surface area contributed by atoms with Crippen molar-refractivity contribution in [1.82, 2.24) is 4.90 Å². The maximum Gasteiger partial charge on any atom is 0.305 e. The molecule has 6 heteroatoms. The summed E-state index contributed by atoms with van der Waals surface area (Å²) in [4.78, 5) is 26.1. The molecule has 1 aromatic heterocycles. The molecule has 0 spiro atoms. The van der Waals surface area contributed by atoms with Gasteiger partial charge in [-0.2, -0.15) is 0 Å². The predicted octanol–water partition coefficient (Wildman–Crippen LogP) is 2.40. The highest BCUT2D eigenvalue weighted by molar-refractivity contribution is 8.00. The van der Waals surface area contributed by atoms with E-state index < -0.39 is 5.97 Å². The third-order valence-corrected chi connectivity index (χ3v) is 5.41. The first kappa shape index (κ1) is 14.4. The van der Waals surface area contributed by atoms with Gasteiger partial charge in [-0.05, 0) is 36.1 Å². The van der Waals surface area contributed by atoms with Gasteiger partial charge in [0.25, 0.3) is 0 Å². The van der Waals surface area contributed by atoms with Gasteiger partial charge in [0.1, 0.15) is 5.25 Å². The molecule has 104 valence electrons. The molecule has 0 saturated heterocycles. The van der Waals surface area contributed by atoms with Crippen molar-refractivity contribution in [3.8, 4) is 0 Å². The number of carboxylic acids is 1. The molecule has 1 aromatic rings. The average molecular weight is 299 g/mol. The van der Waals surface area contributed by atoms with E-state index in [1.54, 1.807) is 28.0 Å². The molecule has 4 nitrogen and oxygen atoms in total. The first-order valence-electron chi connectivity index (χ1n) is 6.32. The van der Waals surface area contributed by atoms with Gasteiger partial charge in [0, 0.05) is 18.0 Å². The van der Waals surface area contributed by atoms with Gasteiger partial charge in [-0.25, -0.2) is 0 Å². The molecule has 0 fully saturated rings. The van der Waals surface area contributed by atoms with Crippen molar-refractivity contribution in [2.24, 2.45) is 0 Å². The lowest BCUT2D eigenvalue weighted by Crippen LogP contribution is -2.36. The zero-order valence-electron chi connectivity index (χ0n) is 10.8. The summed E-state index contributed by atoms with van der Waals surface area (Å²) in [6.45, 7) is 2.74. The molecule has 2 rings (SSSR count). The number of carbonyl (C=O) groups excluding carboxylic acids is 1. The normalized spacial score (nSPS) is 17.8. The van der Waals surface area contributed by atoms with Crippen LogP contribution in [0.25, 0.3) is 0 Å². The molecule has 1 aliphatic rings. The van der Waals surface area contributed by atoms with Crippen molar-refractivity contribution < 1.29 is 14.7 Å². The molecule has 19 heavy (non-hydrogen) atoms. The lowest BCUT2D eigenvalue weighted by Gasteiger charge is -2.28. The van der Waals surface area contributed by atoms with Crippen molar-refractivity contribution in [1.29, 1.82) is 0 Å². The zero-order valence-corrected chi connectivity index (χ0v) is 12.4. The second-order valence-electron chi connectivity index (χ2n) is 4.36. The average Bonchev–Trinajstić information content (AvgIpc) is 2.86. The minimum atomic E-state index is -0.862. The number of amides is 1. The van der Waals surface area contributed by atoms with E-state index in [0.29, 0.717) is 13.1 Å². The lowest BCUT2D eigenvalue weighted by atomic mass is 10.1. The highest BCUT2D eigenvalue weighted by Gasteiger charge is 2.30. The van der Waals surface area contributed by atoms with Gasteiger partial charge in [-0.15, -0.1) is 23.1 Å². The van der Waals surface area contributed by atoms with Crippen LogP contribution in [0.3, 0.4) is 0 Å². The molecule has 0 radical (unpaired) electrons. The van der Waals surface area contributed by atoms with Crippen LogP contribution in [0, 0.1) is 0 Å². The summed E-state index contributed by atoms with van der Waals surface area (Å²) in [5.74, 6) is 0.146. The van der Waals surface area contributed by atoms with Crippen LogP contribution in [0.4, 0.5) is 0 Å². The number of hydrogen-bond acceptors (Lipinski definition) is 4. The second kappa shape index (κ2) is 6.43. The molecular weight excluding hydrogens is 282 g/mol. The number of nitrogens with zero attached hydrogens (tertiary/aromatic N) is 1. The Balaban J connectivity index is 2.09. The number of carboxylic acid groups (broad SMARTS) is 1. The smallest absolute Gasteiger partial charge is 0.305 e. The van der Waals surface area contributed by atoms with Gasteiger partial charge in [-0.3, -0.25) is 9.59 Å². The van der Waals surface area contributed by atoms with Crippen LogP contribution in [0.2, 0.25) is 0 Å². The minimum absolute atomic E-state index is 0.00740. The molecule has 1 atom stereocenters. The van der Waals surface area contributed by atoms with Gasteiger partial charge < -0.3 is 10.0 Å². The van der Waals surface area contributed by atoms with E-state index in [4.69, 9.17) is 5.11 Å². The van der Waals surface area contributed by atoms with E-state index in [2.05, 4.69) is 0 Å². The summed E-state index contributed by atoms with van der Waals surface area (Å²) in [7, 11) is 0. The zero-order chi connectivity index (χ0) is 13.8. The fourth-order valence-corrected chi connectivity index (χ4v) is 4.55. The van der Waals surface area contributed by atoms with Crippen LogP contribution in [0.15, 0.2) is 11.4 Å². The Morgan fingerprint density at radius 2 is 2.32 bits per heavy atom. The Kier molecular flexibility index (Phi) is 4.87. The Bertz CT molecular complexity index is 472. The first-order chi connectivity index (χ1) is 9.13. The van der Waals surface area contributed by atoms with Gasteiger partial charge in [0.15, 0.2) is 0 Å². The topological polar surface area (TPSA) is 57.6 Å².